The van der Waals surface area contributed by atoms with Crippen LogP contribution in [0, 0.1) is 11.3 Å². The van der Waals surface area contributed by atoms with Crippen LogP contribution in [-0.2, 0) is 6.42 Å². The normalized spacial score (nSPS) is 10.5. The Labute approximate surface area is 130 Å². The van der Waals surface area contributed by atoms with Crippen molar-refractivity contribution in [3.63, 3.8) is 0 Å². The maximum absolute atomic E-state index is 8.79. The zero-order valence-corrected chi connectivity index (χ0v) is 12.1. The molecule has 0 bridgehead atoms. The van der Waals surface area contributed by atoms with Gasteiger partial charge in [0.05, 0.1) is 5.56 Å². The van der Waals surface area contributed by atoms with Crippen LogP contribution in [0.4, 0.5) is 0 Å². The van der Waals surface area contributed by atoms with Gasteiger partial charge in [0, 0.05) is 22.7 Å². The Morgan fingerprint density at radius 3 is 2.86 bits per heavy atom. The second-order valence-corrected chi connectivity index (χ2v) is 5.19. The third kappa shape index (κ3) is 2.92. The number of aromatic amines is 1. The van der Waals surface area contributed by atoms with E-state index >= 15 is 0 Å². The first-order valence-corrected chi connectivity index (χ1v) is 6.76. The summed E-state index contributed by atoms with van der Waals surface area (Å²) in [7, 11) is 0. The zero-order valence-electron chi connectivity index (χ0n) is 10.6. The van der Waals surface area contributed by atoms with Crippen LogP contribution >= 0.6 is 23.2 Å². The van der Waals surface area contributed by atoms with Gasteiger partial charge in [0.15, 0.2) is 5.82 Å². The van der Waals surface area contributed by atoms with Gasteiger partial charge in [-0.3, -0.25) is 0 Å². The molecule has 104 valence electrons. The van der Waals surface area contributed by atoms with Gasteiger partial charge in [0.2, 0.25) is 0 Å². The van der Waals surface area contributed by atoms with E-state index < -0.39 is 0 Å². The fraction of sp³-hybridized carbons (Fsp3) is 0.0714. The molecule has 0 radical (unpaired) electrons. The van der Waals surface area contributed by atoms with Crippen molar-refractivity contribution in [1.82, 2.24) is 15.1 Å². The lowest BCUT2D eigenvalue weighted by Crippen LogP contribution is -1.92. The highest BCUT2D eigenvalue weighted by atomic mass is 35.5. The van der Waals surface area contributed by atoms with Crippen LogP contribution in [0.15, 0.2) is 35.0 Å². The van der Waals surface area contributed by atoms with Crippen LogP contribution in [0.25, 0.3) is 11.6 Å². The summed E-state index contributed by atoms with van der Waals surface area (Å²) in [5.74, 6) is 0.832. The Balaban J connectivity index is 1.83. The lowest BCUT2D eigenvalue weighted by molar-refractivity contribution is 0.423. The number of H-pyrrole nitrogens is 1. The topological polar surface area (TPSA) is 78.5 Å². The smallest absolute Gasteiger partial charge is 0.274 e. The van der Waals surface area contributed by atoms with Crippen molar-refractivity contribution in [3.8, 4) is 17.7 Å². The van der Waals surface area contributed by atoms with Gasteiger partial charge in [0.25, 0.3) is 5.89 Å². The SMILES string of the molecule is N#Cc1c[nH]c(-c2nc(Cc3ccc(Cl)cc3Cl)no2)c1. The van der Waals surface area contributed by atoms with E-state index in [1.165, 1.54) is 0 Å². The molecule has 0 amide bonds. The maximum atomic E-state index is 8.79. The quantitative estimate of drug-likeness (QED) is 0.795. The van der Waals surface area contributed by atoms with Crippen molar-refractivity contribution >= 4 is 23.2 Å². The van der Waals surface area contributed by atoms with Gasteiger partial charge in [-0.05, 0) is 23.8 Å². The van der Waals surface area contributed by atoms with E-state index in [-0.39, 0.29) is 0 Å². The highest BCUT2D eigenvalue weighted by Crippen LogP contribution is 2.23. The second kappa shape index (κ2) is 5.60. The van der Waals surface area contributed by atoms with E-state index in [0.29, 0.717) is 39.4 Å². The summed E-state index contributed by atoms with van der Waals surface area (Å²) in [4.78, 5) is 7.18. The number of halogens is 2. The molecule has 2 heterocycles. The Bertz CT molecular complexity index is 832. The molecule has 7 heteroatoms. The number of nitrogens with one attached hydrogen (secondary N) is 1. The molecule has 0 saturated heterocycles. The molecule has 1 N–H and O–H groups in total. The number of nitrogens with zero attached hydrogens (tertiary/aromatic N) is 3. The minimum absolute atomic E-state index is 0.330. The number of nitriles is 1. The predicted octanol–water partition coefficient (Wildman–Crippen LogP) is 3.83. The molecule has 0 unspecified atom stereocenters. The number of aromatic nitrogens is 3. The largest absolute Gasteiger partial charge is 0.356 e. The summed E-state index contributed by atoms with van der Waals surface area (Å²) < 4.78 is 5.17. The summed E-state index contributed by atoms with van der Waals surface area (Å²) in [5, 5.41) is 13.8. The second-order valence-electron chi connectivity index (χ2n) is 4.34. The van der Waals surface area contributed by atoms with Crippen molar-refractivity contribution in [1.29, 1.82) is 5.26 Å². The van der Waals surface area contributed by atoms with E-state index in [2.05, 4.69) is 15.1 Å². The first-order valence-electron chi connectivity index (χ1n) is 6.01. The number of rotatable bonds is 3. The zero-order chi connectivity index (χ0) is 14.8. The fourth-order valence-corrected chi connectivity index (χ4v) is 2.33. The summed E-state index contributed by atoms with van der Waals surface area (Å²) in [6.07, 6.45) is 2.01. The predicted molar refractivity (Wildman–Crippen MR) is 78.1 cm³/mol. The summed E-state index contributed by atoms with van der Waals surface area (Å²) in [6.45, 7) is 0. The monoisotopic (exact) mass is 318 g/mol. The molecule has 0 atom stereocenters. The summed E-state index contributed by atoms with van der Waals surface area (Å²) >= 11 is 12.0. The molecule has 3 aromatic rings. The van der Waals surface area contributed by atoms with Crippen LogP contribution in [0.2, 0.25) is 10.0 Å². The fourth-order valence-electron chi connectivity index (χ4n) is 1.85. The molecule has 0 fully saturated rings. The van der Waals surface area contributed by atoms with Crippen molar-refractivity contribution < 1.29 is 4.52 Å². The summed E-state index contributed by atoms with van der Waals surface area (Å²) in [5.41, 5.74) is 1.97. The molecule has 0 aliphatic rings. The molecule has 0 spiro atoms. The van der Waals surface area contributed by atoms with Gasteiger partial charge in [-0.15, -0.1) is 0 Å². The van der Waals surface area contributed by atoms with Gasteiger partial charge in [-0.25, -0.2) is 0 Å². The molecular weight excluding hydrogens is 311 g/mol. The Hall–Kier alpha value is -2.29. The van der Waals surface area contributed by atoms with E-state index in [9.17, 15) is 0 Å². The third-order valence-electron chi connectivity index (χ3n) is 2.87. The molecule has 0 aliphatic carbocycles. The number of benzene rings is 1. The van der Waals surface area contributed by atoms with Crippen LogP contribution in [0.3, 0.4) is 0 Å². The summed E-state index contributed by atoms with van der Waals surface area (Å²) in [6, 6.07) is 8.92. The van der Waals surface area contributed by atoms with Gasteiger partial charge < -0.3 is 9.51 Å². The van der Waals surface area contributed by atoms with Gasteiger partial charge in [-0.2, -0.15) is 10.2 Å². The Morgan fingerprint density at radius 2 is 2.14 bits per heavy atom. The average Bonchev–Trinajstić information content (AvgIpc) is 3.10. The van der Waals surface area contributed by atoms with Crippen molar-refractivity contribution in [3.05, 3.63) is 57.5 Å². The maximum Gasteiger partial charge on any atom is 0.274 e. The lowest BCUT2D eigenvalue weighted by atomic mass is 10.1. The van der Waals surface area contributed by atoms with Crippen LogP contribution in [-0.4, -0.2) is 15.1 Å². The highest BCUT2D eigenvalue weighted by Gasteiger charge is 2.12. The van der Waals surface area contributed by atoms with E-state index in [1.807, 2.05) is 12.1 Å². The third-order valence-corrected chi connectivity index (χ3v) is 3.46. The van der Waals surface area contributed by atoms with E-state index in [0.717, 1.165) is 5.56 Å². The lowest BCUT2D eigenvalue weighted by Gasteiger charge is -2.00. The van der Waals surface area contributed by atoms with E-state index in [4.69, 9.17) is 33.0 Å². The van der Waals surface area contributed by atoms with Gasteiger partial charge in [-0.1, -0.05) is 34.4 Å². The number of hydrogen-bond acceptors (Lipinski definition) is 4. The Morgan fingerprint density at radius 1 is 1.29 bits per heavy atom. The van der Waals surface area contributed by atoms with Gasteiger partial charge in [0.1, 0.15) is 11.8 Å². The molecule has 5 nitrogen and oxygen atoms in total. The number of hydrogen-bond donors (Lipinski definition) is 1. The molecule has 0 saturated carbocycles. The average molecular weight is 319 g/mol. The molecule has 2 aromatic heterocycles. The molecular formula is C14H8Cl2N4O. The van der Waals surface area contributed by atoms with Crippen LogP contribution in [0.5, 0.6) is 0 Å². The Kier molecular flexibility index (Phi) is 3.65. The minimum Gasteiger partial charge on any atom is -0.356 e. The van der Waals surface area contributed by atoms with Crippen molar-refractivity contribution in [2.24, 2.45) is 0 Å². The van der Waals surface area contributed by atoms with Crippen molar-refractivity contribution in [2.45, 2.75) is 6.42 Å². The standard InChI is InChI=1S/C14H8Cl2N4O/c15-10-2-1-9(11(16)5-10)4-13-19-14(21-20-13)12-3-8(6-17)7-18-12/h1-3,5,7,18H,4H2. The molecule has 21 heavy (non-hydrogen) atoms. The van der Waals surface area contributed by atoms with E-state index in [1.54, 1.807) is 24.4 Å². The highest BCUT2D eigenvalue weighted by molar-refractivity contribution is 6.35. The molecule has 0 aliphatic heterocycles. The van der Waals surface area contributed by atoms with Gasteiger partial charge >= 0.3 is 0 Å². The van der Waals surface area contributed by atoms with Crippen molar-refractivity contribution in [2.75, 3.05) is 0 Å². The molecule has 1 aromatic carbocycles. The first-order chi connectivity index (χ1) is 10.2. The first kappa shape index (κ1) is 13.7. The van der Waals surface area contributed by atoms with Crippen LogP contribution < -0.4 is 0 Å². The molecule has 3 rings (SSSR count). The minimum atomic E-state index is 0.330. The van der Waals surface area contributed by atoms with Crippen LogP contribution in [0.1, 0.15) is 17.0 Å².